The Bertz CT molecular complexity index is 273. The maximum Gasteiger partial charge on any atom is 0.119 e. The molecule has 1 rings (SSSR count). The second-order valence-corrected chi connectivity index (χ2v) is 3.04. The van der Waals surface area contributed by atoms with E-state index >= 15 is 0 Å². The molecular weight excluding hydrogens is 166 g/mol. The van der Waals surface area contributed by atoms with Gasteiger partial charge in [-0.25, -0.2) is 0 Å². The van der Waals surface area contributed by atoms with Crippen LogP contribution in [0.25, 0.3) is 0 Å². The lowest BCUT2D eigenvalue weighted by molar-refractivity contribution is 0.164. The van der Waals surface area contributed by atoms with Crippen LogP contribution >= 0.6 is 0 Å². The van der Waals surface area contributed by atoms with Gasteiger partial charge in [0.15, 0.2) is 0 Å². The van der Waals surface area contributed by atoms with Gasteiger partial charge in [-0.1, -0.05) is 12.1 Å². The van der Waals surface area contributed by atoms with Gasteiger partial charge in [0, 0.05) is 0 Å². The molecule has 0 aliphatic rings. The lowest BCUT2D eigenvalue weighted by atomic mass is 10.0. The molecule has 0 aromatic heterocycles. The van der Waals surface area contributed by atoms with E-state index in [1.807, 2.05) is 24.3 Å². The van der Waals surface area contributed by atoms with Crippen molar-refractivity contribution in [3.63, 3.8) is 0 Å². The van der Waals surface area contributed by atoms with Crippen LogP contribution < -0.4 is 10.5 Å². The summed E-state index contributed by atoms with van der Waals surface area (Å²) in [5.74, 6) is 0.758. The molecule has 0 amide bonds. The Morgan fingerprint density at radius 1 is 1.46 bits per heavy atom. The van der Waals surface area contributed by atoms with Crippen LogP contribution in [0.3, 0.4) is 0 Å². The number of nitrogens with two attached hydrogens (primary N) is 1. The number of hydrogen-bond acceptors (Lipinski definition) is 3. The number of rotatable bonds is 3. The van der Waals surface area contributed by atoms with Crippen molar-refractivity contribution in [1.29, 1.82) is 0 Å². The normalized spacial score (nSPS) is 15.1. The average molecular weight is 181 g/mol. The van der Waals surface area contributed by atoms with E-state index in [2.05, 4.69) is 0 Å². The van der Waals surface area contributed by atoms with E-state index in [1.165, 1.54) is 0 Å². The smallest absolute Gasteiger partial charge is 0.119 e. The van der Waals surface area contributed by atoms with Crippen molar-refractivity contribution in [1.82, 2.24) is 0 Å². The van der Waals surface area contributed by atoms with Gasteiger partial charge in [-0.15, -0.1) is 0 Å². The Morgan fingerprint density at radius 2 is 2.15 bits per heavy atom. The molecule has 0 heterocycles. The summed E-state index contributed by atoms with van der Waals surface area (Å²) in [5.41, 5.74) is 6.64. The fraction of sp³-hybridized carbons (Fsp3) is 0.400. The Labute approximate surface area is 78.1 Å². The predicted molar refractivity (Wildman–Crippen MR) is 51.6 cm³/mol. The minimum Gasteiger partial charge on any atom is -0.497 e. The summed E-state index contributed by atoms with van der Waals surface area (Å²) in [6.07, 6.45) is -0.549. The Balaban J connectivity index is 2.88. The maximum absolute atomic E-state index is 9.27. The molecule has 0 spiro atoms. The summed E-state index contributed by atoms with van der Waals surface area (Å²) >= 11 is 0. The van der Waals surface area contributed by atoms with E-state index in [1.54, 1.807) is 14.0 Å². The van der Waals surface area contributed by atoms with Gasteiger partial charge in [-0.05, 0) is 24.6 Å². The third kappa shape index (κ3) is 2.44. The van der Waals surface area contributed by atoms with Gasteiger partial charge < -0.3 is 15.6 Å². The molecule has 0 aliphatic heterocycles. The SMILES string of the molecule is COc1cccc([C@H](N)C(C)O)c1. The van der Waals surface area contributed by atoms with Gasteiger partial charge in [0.2, 0.25) is 0 Å². The number of hydrogen-bond donors (Lipinski definition) is 2. The first-order chi connectivity index (χ1) is 6.15. The molecule has 0 aliphatic carbocycles. The third-order valence-electron chi connectivity index (χ3n) is 2.00. The highest BCUT2D eigenvalue weighted by Crippen LogP contribution is 2.19. The Morgan fingerprint density at radius 3 is 2.69 bits per heavy atom. The zero-order chi connectivity index (χ0) is 9.84. The zero-order valence-electron chi connectivity index (χ0n) is 7.90. The van der Waals surface area contributed by atoms with E-state index in [-0.39, 0.29) is 6.04 Å². The van der Waals surface area contributed by atoms with Crippen molar-refractivity contribution >= 4 is 0 Å². The monoisotopic (exact) mass is 181 g/mol. The van der Waals surface area contributed by atoms with Gasteiger partial charge in [0.1, 0.15) is 5.75 Å². The molecule has 72 valence electrons. The lowest BCUT2D eigenvalue weighted by Gasteiger charge is -2.15. The number of aliphatic hydroxyl groups excluding tert-OH is 1. The second-order valence-electron chi connectivity index (χ2n) is 3.04. The second kappa shape index (κ2) is 4.25. The van der Waals surface area contributed by atoms with Crippen molar-refractivity contribution in [3.8, 4) is 5.75 Å². The Kier molecular flexibility index (Phi) is 3.28. The lowest BCUT2D eigenvalue weighted by Crippen LogP contribution is -2.22. The summed E-state index contributed by atoms with van der Waals surface area (Å²) in [6.45, 7) is 1.67. The van der Waals surface area contributed by atoms with E-state index < -0.39 is 6.10 Å². The molecule has 13 heavy (non-hydrogen) atoms. The highest BCUT2D eigenvalue weighted by atomic mass is 16.5. The Hall–Kier alpha value is -1.06. The molecule has 0 bridgehead atoms. The molecule has 3 nitrogen and oxygen atoms in total. The third-order valence-corrected chi connectivity index (χ3v) is 2.00. The number of ether oxygens (including phenoxy) is 1. The molecule has 2 atom stereocenters. The van der Waals surface area contributed by atoms with Crippen LogP contribution in [-0.2, 0) is 0 Å². The molecule has 0 saturated carbocycles. The fourth-order valence-corrected chi connectivity index (χ4v) is 1.13. The van der Waals surface area contributed by atoms with Crippen LogP contribution in [-0.4, -0.2) is 18.3 Å². The molecule has 0 saturated heterocycles. The van der Waals surface area contributed by atoms with Crippen molar-refractivity contribution in [2.45, 2.75) is 19.1 Å². The van der Waals surface area contributed by atoms with Crippen molar-refractivity contribution in [3.05, 3.63) is 29.8 Å². The zero-order valence-corrected chi connectivity index (χ0v) is 7.90. The van der Waals surface area contributed by atoms with E-state index in [0.29, 0.717) is 0 Å². The predicted octanol–water partition coefficient (Wildman–Crippen LogP) is 1.08. The highest BCUT2D eigenvalue weighted by Gasteiger charge is 2.11. The van der Waals surface area contributed by atoms with Crippen LogP contribution in [0.15, 0.2) is 24.3 Å². The van der Waals surface area contributed by atoms with Gasteiger partial charge in [0.05, 0.1) is 19.3 Å². The molecule has 0 radical (unpaired) electrons. The van der Waals surface area contributed by atoms with Crippen LogP contribution in [0.4, 0.5) is 0 Å². The fourth-order valence-electron chi connectivity index (χ4n) is 1.13. The van der Waals surface area contributed by atoms with Crippen molar-refractivity contribution in [2.24, 2.45) is 5.73 Å². The maximum atomic E-state index is 9.27. The van der Waals surface area contributed by atoms with Crippen LogP contribution in [0.5, 0.6) is 5.75 Å². The van der Waals surface area contributed by atoms with Crippen LogP contribution in [0.2, 0.25) is 0 Å². The molecule has 0 fully saturated rings. The molecule has 1 aromatic rings. The molecule has 3 N–H and O–H groups in total. The summed E-state index contributed by atoms with van der Waals surface area (Å²) in [4.78, 5) is 0. The van der Waals surface area contributed by atoms with Gasteiger partial charge in [-0.3, -0.25) is 0 Å². The number of methoxy groups -OCH3 is 1. The summed E-state index contributed by atoms with van der Waals surface area (Å²) in [6, 6.07) is 7.06. The minimum absolute atomic E-state index is 0.352. The van der Waals surface area contributed by atoms with Gasteiger partial charge in [0.25, 0.3) is 0 Å². The first-order valence-corrected chi connectivity index (χ1v) is 4.22. The summed E-state index contributed by atoms with van der Waals surface area (Å²) in [7, 11) is 1.60. The highest BCUT2D eigenvalue weighted by molar-refractivity contribution is 5.30. The van der Waals surface area contributed by atoms with E-state index in [9.17, 15) is 5.11 Å². The molecule has 1 aromatic carbocycles. The van der Waals surface area contributed by atoms with E-state index in [4.69, 9.17) is 10.5 Å². The van der Waals surface area contributed by atoms with Crippen LogP contribution in [0.1, 0.15) is 18.5 Å². The number of benzene rings is 1. The van der Waals surface area contributed by atoms with Crippen LogP contribution in [0, 0.1) is 0 Å². The van der Waals surface area contributed by atoms with Gasteiger partial charge >= 0.3 is 0 Å². The summed E-state index contributed by atoms with van der Waals surface area (Å²) in [5, 5.41) is 9.27. The van der Waals surface area contributed by atoms with E-state index in [0.717, 1.165) is 11.3 Å². The number of aliphatic hydroxyl groups is 1. The van der Waals surface area contributed by atoms with Crippen molar-refractivity contribution < 1.29 is 9.84 Å². The molecule has 3 heteroatoms. The quantitative estimate of drug-likeness (QED) is 0.733. The molecule has 1 unspecified atom stereocenters. The standard InChI is InChI=1S/C10H15NO2/c1-7(12)10(11)8-4-3-5-9(6-8)13-2/h3-7,10,12H,11H2,1-2H3/t7?,10-/m1/s1. The first kappa shape index (κ1) is 10.0. The summed E-state index contributed by atoms with van der Waals surface area (Å²) < 4.78 is 5.05. The largest absolute Gasteiger partial charge is 0.497 e. The van der Waals surface area contributed by atoms with Crippen molar-refractivity contribution in [2.75, 3.05) is 7.11 Å². The van der Waals surface area contributed by atoms with Gasteiger partial charge in [-0.2, -0.15) is 0 Å². The first-order valence-electron chi connectivity index (χ1n) is 4.22. The molecular formula is C10H15NO2. The average Bonchev–Trinajstić information content (AvgIpc) is 2.16. The minimum atomic E-state index is -0.549. The topological polar surface area (TPSA) is 55.5 Å².